The lowest BCUT2D eigenvalue weighted by molar-refractivity contribution is -0.384. The van der Waals surface area contributed by atoms with Crippen LogP contribution in [-0.4, -0.2) is 23.2 Å². The Hall–Kier alpha value is -1.63. The van der Waals surface area contributed by atoms with Crippen molar-refractivity contribution in [3.8, 4) is 0 Å². The standard InChI is InChI=1S/C14H17BrN2O4/c1-14(2,3)21-13(18)16-6-4-5-9-7-10(15)8-11(12(9)16)17(19)20/h7-8H,4-6H2,1-3H3. The summed E-state index contributed by atoms with van der Waals surface area (Å²) in [5.41, 5.74) is 0.417. The molecule has 0 saturated carbocycles. The first-order valence-corrected chi connectivity index (χ1v) is 7.45. The van der Waals surface area contributed by atoms with Crippen molar-refractivity contribution in [2.24, 2.45) is 0 Å². The van der Waals surface area contributed by atoms with Gasteiger partial charge in [0, 0.05) is 17.1 Å². The van der Waals surface area contributed by atoms with E-state index < -0.39 is 16.6 Å². The Kier molecular flexibility index (Phi) is 4.22. The van der Waals surface area contributed by atoms with Crippen molar-refractivity contribution < 1.29 is 14.5 Å². The molecule has 0 spiro atoms. The molecule has 7 heteroatoms. The normalized spacial score (nSPS) is 14.6. The topological polar surface area (TPSA) is 72.7 Å². The number of rotatable bonds is 1. The zero-order valence-corrected chi connectivity index (χ0v) is 13.8. The van der Waals surface area contributed by atoms with E-state index in [1.54, 1.807) is 20.8 Å². The van der Waals surface area contributed by atoms with Crippen LogP contribution in [0.25, 0.3) is 0 Å². The number of anilines is 1. The summed E-state index contributed by atoms with van der Waals surface area (Å²) < 4.78 is 5.99. The quantitative estimate of drug-likeness (QED) is 0.562. The van der Waals surface area contributed by atoms with Gasteiger partial charge in [0.25, 0.3) is 5.69 Å². The van der Waals surface area contributed by atoms with E-state index in [0.29, 0.717) is 23.1 Å². The zero-order chi connectivity index (χ0) is 15.8. The Labute approximate surface area is 131 Å². The molecule has 0 saturated heterocycles. The number of fused-ring (bicyclic) bond motifs is 1. The van der Waals surface area contributed by atoms with Crippen molar-refractivity contribution >= 4 is 33.4 Å². The maximum Gasteiger partial charge on any atom is 0.415 e. The Morgan fingerprint density at radius 1 is 1.43 bits per heavy atom. The van der Waals surface area contributed by atoms with E-state index in [4.69, 9.17) is 4.74 Å². The van der Waals surface area contributed by atoms with Gasteiger partial charge in [-0.05, 0) is 45.2 Å². The summed E-state index contributed by atoms with van der Waals surface area (Å²) in [6.45, 7) is 5.73. The minimum absolute atomic E-state index is 0.0788. The molecular weight excluding hydrogens is 340 g/mol. The van der Waals surface area contributed by atoms with Crippen molar-refractivity contribution in [2.45, 2.75) is 39.2 Å². The number of carbonyl (C=O) groups excluding carboxylic acids is 1. The molecule has 1 amide bonds. The predicted octanol–water partition coefficient (Wildman–Crippen LogP) is 4.05. The number of ether oxygens (including phenoxy) is 1. The third-order valence-corrected chi connectivity index (χ3v) is 3.50. The average molecular weight is 357 g/mol. The van der Waals surface area contributed by atoms with Crippen molar-refractivity contribution in [2.75, 3.05) is 11.4 Å². The van der Waals surface area contributed by atoms with E-state index in [1.165, 1.54) is 11.0 Å². The molecule has 1 aliphatic heterocycles. The fourth-order valence-corrected chi connectivity index (χ4v) is 2.81. The van der Waals surface area contributed by atoms with Gasteiger partial charge in [0.05, 0.1) is 4.92 Å². The monoisotopic (exact) mass is 356 g/mol. The zero-order valence-electron chi connectivity index (χ0n) is 12.2. The summed E-state index contributed by atoms with van der Waals surface area (Å²) in [5, 5.41) is 11.3. The van der Waals surface area contributed by atoms with Gasteiger partial charge in [-0.3, -0.25) is 15.0 Å². The number of nitro benzene ring substituents is 1. The van der Waals surface area contributed by atoms with E-state index in [9.17, 15) is 14.9 Å². The molecule has 1 aromatic rings. The summed E-state index contributed by atoms with van der Waals surface area (Å²) in [6.07, 6.45) is 0.906. The summed E-state index contributed by atoms with van der Waals surface area (Å²) in [5.74, 6) is 0. The van der Waals surface area contributed by atoms with Gasteiger partial charge in [-0.15, -0.1) is 0 Å². The summed E-state index contributed by atoms with van der Waals surface area (Å²) in [7, 11) is 0. The molecule has 0 atom stereocenters. The van der Waals surface area contributed by atoms with Gasteiger partial charge in [0.15, 0.2) is 0 Å². The first kappa shape index (κ1) is 15.8. The SMILES string of the molecule is CC(C)(C)OC(=O)N1CCCc2cc(Br)cc([N+](=O)[O-])c21. The average Bonchev–Trinajstić information content (AvgIpc) is 2.34. The van der Waals surface area contributed by atoms with Crippen LogP contribution < -0.4 is 4.90 Å². The van der Waals surface area contributed by atoms with Crippen LogP contribution >= 0.6 is 15.9 Å². The van der Waals surface area contributed by atoms with Gasteiger partial charge in [-0.1, -0.05) is 15.9 Å². The van der Waals surface area contributed by atoms with Crippen LogP contribution in [0, 0.1) is 10.1 Å². The van der Waals surface area contributed by atoms with Crippen LogP contribution in [0.3, 0.4) is 0 Å². The second kappa shape index (κ2) is 5.63. The third-order valence-electron chi connectivity index (χ3n) is 3.04. The molecule has 0 aromatic heterocycles. The Balaban J connectivity index is 2.47. The molecule has 6 nitrogen and oxygen atoms in total. The van der Waals surface area contributed by atoms with Crippen LogP contribution in [0.2, 0.25) is 0 Å². The Bertz CT molecular complexity index is 595. The fourth-order valence-electron chi connectivity index (χ4n) is 2.32. The molecule has 0 unspecified atom stereocenters. The molecule has 21 heavy (non-hydrogen) atoms. The van der Waals surface area contributed by atoms with Crippen LogP contribution in [-0.2, 0) is 11.2 Å². The number of carbonyl (C=O) groups is 1. The van der Waals surface area contributed by atoms with Gasteiger partial charge >= 0.3 is 6.09 Å². The highest BCUT2D eigenvalue weighted by molar-refractivity contribution is 9.10. The Morgan fingerprint density at radius 2 is 2.10 bits per heavy atom. The minimum Gasteiger partial charge on any atom is -0.443 e. The first-order valence-electron chi connectivity index (χ1n) is 6.66. The van der Waals surface area contributed by atoms with Crippen LogP contribution in [0.1, 0.15) is 32.8 Å². The molecule has 2 rings (SSSR count). The summed E-state index contributed by atoms with van der Waals surface area (Å²) in [4.78, 5) is 24.5. The van der Waals surface area contributed by atoms with E-state index in [2.05, 4.69) is 15.9 Å². The molecule has 0 radical (unpaired) electrons. The smallest absolute Gasteiger partial charge is 0.415 e. The van der Waals surface area contributed by atoms with Crippen molar-refractivity contribution in [1.29, 1.82) is 0 Å². The van der Waals surface area contributed by atoms with E-state index >= 15 is 0 Å². The number of benzene rings is 1. The van der Waals surface area contributed by atoms with E-state index in [-0.39, 0.29) is 5.69 Å². The number of amides is 1. The highest BCUT2D eigenvalue weighted by Crippen LogP contribution is 2.39. The lowest BCUT2D eigenvalue weighted by atomic mass is 10.0. The van der Waals surface area contributed by atoms with Gasteiger partial charge in [-0.25, -0.2) is 4.79 Å². The predicted molar refractivity (Wildman–Crippen MR) is 82.7 cm³/mol. The highest BCUT2D eigenvalue weighted by Gasteiger charge is 2.33. The number of nitro groups is 1. The van der Waals surface area contributed by atoms with E-state index in [0.717, 1.165) is 12.0 Å². The van der Waals surface area contributed by atoms with Gasteiger partial charge in [0.2, 0.25) is 0 Å². The number of hydrogen-bond donors (Lipinski definition) is 0. The molecule has 0 N–H and O–H groups in total. The van der Waals surface area contributed by atoms with Crippen molar-refractivity contribution in [1.82, 2.24) is 0 Å². The molecule has 0 aliphatic carbocycles. The van der Waals surface area contributed by atoms with E-state index in [1.807, 2.05) is 6.07 Å². The fraction of sp³-hybridized carbons (Fsp3) is 0.500. The molecule has 0 fully saturated rings. The maximum absolute atomic E-state index is 12.3. The van der Waals surface area contributed by atoms with Crippen molar-refractivity contribution in [3.05, 3.63) is 32.3 Å². The van der Waals surface area contributed by atoms with Gasteiger partial charge in [-0.2, -0.15) is 0 Å². The summed E-state index contributed by atoms with van der Waals surface area (Å²) in [6, 6.07) is 3.24. The molecular formula is C14H17BrN2O4. The lowest BCUT2D eigenvalue weighted by Crippen LogP contribution is -2.40. The van der Waals surface area contributed by atoms with Crippen molar-refractivity contribution in [3.63, 3.8) is 0 Å². The van der Waals surface area contributed by atoms with Gasteiger partial charge < -0.3 is 4.74 Å². The van der Waals surface area contributed by atoms with Crippen LogP contribution in [0.4, 0.5) is 16.2 Å². The first-order chi connectivity index (χ1) is 9.69. The van der Waals surface area contributed by atoms with Crippen LogP contribution in [0.15, 0.2) is 16.6 Å². The molecule has 1 heterocycles. The number of halogens is 1. The summed E-state index contributed by atoms with van der Waals surface area (Å²) >= 11 is 3.28. The third kappa shape index (κ3) is 3.53. The largest absolute Gasteiger partial charge is 0.443 e. The number of nitrogens with zero attached hydrogens (tertiary/aromatic N) is 2. The second-order valence-corrected chi connectivity index (χ2v) is 6.84. The molecule has 114 valence electrons. The van der Waals surface area contributed by atoms with Crippen LogP contribution in [0.5, 0.6) is 0 Å². The molecule has 1 aromatic carbocycles. The number of aryl methyl sites for hydroxylation is 1. The van der Waals surface area contributed by atoms with Gasteiger partial charge in [0.1, 0.15) is 11.3 Å². The Morgan fingerprint density at radius 3 is 2.67 bits per heavy atom. The minimum atomic E-state index is -0.640. The molecule has 0 bridgehead atoms. The maximum atomic E-state index is 12.3. The molecule has 1 aliphatic rings. The highest BCUT2D eigenvalue weighted by atomic mass is 79.9. The number of hydrogen-bond acceptors (Lipinski definition) is 4. The second-order valence-electron chi connectivity index (χ2n) is 5.93. The lowest BCUT2D eigenvalue weighted by Gasteiger charge is -2.31.